The minimum absolute atomic E-state index is 0.392. The van der Waals surface area contributed by atoms with Crippen molar-refractivity contribution in [3.8, 4) is 5.75 Å². The van der Waals surface area contributed by atoms with E-state index < -0.39 is 0 Å². The monoisotopic (exact) mass is 252 g/mol. The third-order valence-corrected chi connectivity index (χ3v) is 3.40. The maximum absolute atomic E-state index is 9.77. The number of benzene rings is 2. The summed E-state index contributed by atoms with van der Waals surface area (Å²) in [5.41, 5.74) is 6.73. The number of hydrogen-bond acceptors (Lipinski definition) is 1. The van der Waals surface area contributed by atoms with Gasteiger partial charge in [0.25, 0.3) is 0 Å². The van der Waals surface area contributed by atoms with Gasteiger partial charge >= 0.3 is 0 Å². The standard InChI is InChI=1S/C18H20O/c1-12-5-6-13(2)17(9-12)8-7-16-10-14(3)18(19)15(4)11-16/h5-11,19H,1-4H3/b8-7+. The second-order valence-corrected chi connectivity index (χ2v) is 5.20. The van der Waals surface area contributed by atoms with Crippen LogP contribution in [0.3, 0.4) is 0 Å². The first-order valence-corrected chi connectivity index (χ1v) is 6.53. The van der Waals surface area contributed by atoms with Gasteiger partial charge in [0.15, 0.2) is 0 Å². The van der Waals surface area contributed by atoms with Crippen LogP contribution in [0.15, 0.2) is 30.3 Å². The molecule has 2 aromatic carbocycles. The molecule has 2 rings (SSSR count). The fourth-order valence-corrected chi connectivity index (χ4v) is 2.21. The maximum atomic E-state index is 9.77. The summed E-state index contributed by atoms with van der Waals surface area (Å²) in [5, 5.41) is 9.77. The highest BCUT2D eigenvalue weighted by molar-refractivity contribution is 5.72. The molecule has 1 nitrogen and oxygen atoms in total. The molecule has 0 aromatic heterocycles. The second kappa shape index (κ2) is 5.31. The Kier molecular flexibility index (Phi) is 3.75. The molecule has 98 valence electrons. The van der Waals surface area contributed by atoms with E-state index in [1.54, 1.807) is 0 Å². The van der Waals surface area contributed by atoms with E-state index in [2.05, 4.69) is 44.2 Å². The van der Waals surface area contributed by atoms with Gasteiger partial charge in [-0.2, -0.15) is 0 Å². The predicted molar refractivity (Wildman–Crippen MR) is 82.4 cm³/mol. The molecule has 2 aromatic rings. The Morgan fingerprint density at radius 3 is 2.05 bits per heavy atom. The van der Waals surface area contributed by atoms with Crippen LogP contribution in [-0.2, 0) is 0 Å². The maximum Gasteiger partial charge on any atom is 0.121 e. The lowest BCUT2D eigenvalue weighted by atomic mass is 10.0. The van der Waals surface area contributed by atoms with Crippen LogP contribution in [0.25, 0.3) is 12.2 Å². The van der Waals surface area contributed by atoms with Gasteiger partial charge < -0.3 is 5.11 Å². The van der Waals surface area contributed by atoms with Crippen molar-refractivity contribution in [1.82, 2.24) is 0 Å². The molecule has 0 saturated carbocycles. The van der Waals surface area contributed by atoms with Crippen LogP contribution in [0.4, 0.5) is 0 Å². The van der Waals surface area contributed by atoms with Gasteiger partial charge in [-0.1, -0.05) is 35.9 Å². The molecule has 19 heavy (non-hydrogen) atoms. The fourth-order valence-electron chi connectivity index (χ4n) is 2.21. The van der Waals surface area contributed by atoms with Gasteiger partial charge in [0.05, 0.1) is 0 Å². The Morgan fingerprint density at radius 1 is 0.789 bits per heavy atom. The number of aryl methyl sites for hydroxylation is 4. The number of rotatable bonds is 2. The Hall–Kier alpha value is -2.02. The van der Waals surface area contributed by atoms with E-state index >= 15 is 0 Å². The van der Waals surface area contributed by atoms with Gasteiger partial charge in [0.2, 0.25) is 0 Å². The third-order valence-electron chi connectivity index (χ3n) is 3.40. The molecule has 0 unspecified atom stereocenters. The van der Waals surface area contributed by atoms with Crippen molar-refractivity contribution in [3.05, 3.63) is 63.7 Å². The first-order chi connectivity index (χ1) is 8.97. The van der Waals surface area contributed by atoms with Crippen molar-refractivity contribution in [2.24, 2.45) is 0 Å². The average Bonchev–Trinajstić information content (AvgIpc) is 2.37. The largest absolute Gasteiger partial charge is 0.507 e. The second-order valence-electron chi connectivity index (χ2n) is 5.20. The summed E-state index contributed by atoms with van der Waals surface area (Å²) in [6.07, 6.45) is 4.23. The van der Waals surface area contributed by atoms with Crippen molar-refractivity contribution < 1.29 is 5.11 Å². The Balaban J connectivity index is 2.35. The van der Waals surface area contributed by atoms with E-state index in [4.69, 9.17) is 0 Å². The summed E-state index contributed by atoms with van der Waals surface area (Å²) in [5.74, 6) is 0.392. The third kappa shape index (κ3) is 3.05. The number of phenols is 1. The molecule has 0 fully saturated rings. The summed E-state index contributed by atoms with van der Waals surface area (Å²) in [6, 6.07) is 10.5. The zero-order valence-corrected chi connectivity index (χ0v) is 12.0. The topological polar surface area (TPSA) is 20.2 Å². The zero-order valence-electron chi connectivity index (χ0n) is 12.0. The lowest BCUT2D eigenvalue weighted by Crippen LogP contribution is -1.84. The fraction of sp³-hybridized carbons (Fsp3) is 0.222. The van der Waals surface area contributed by atoms with Crippen molar-refractivity contribution in [2.75, 3.05) is 0 Å². The van der Waals surface area contributed by atoms with E-state index in [0.29, 0.717) is 5.75 Å². The molecule has 0 radical (unpaired) electrons. The van der Waals surface area contributed by atoms with E-state index in [-0.39, 0.29) is 0 Å². The van der Waals surface area contributed by atoms with Gasteiger partial charge in [0, 0.05) is 0 Å². The van der Waals surface area contributed by atoms with Crippen LogP contribution in [0.5, 0.6) is 5.75 Å². The first kappa shape index (κ1) is 13.4. The molecular weight excluding hydrogens is 232 g/mol. The van der Waals surface area contributed by atoms with E-state index in [1.165, 1.54) is 16.7 Å². The molecule has 0 spiro atoms. The number of phenolic OH excluding ortho intramolecular Hbond substituents is 1. The molecule has 0 saturated heterocycles. The number of aromatic hydroxyl groups is 1. The van der Waals surface area contributed by atoms with Gasteiger partial charge in [-0.15, -0.1) is 0 Å². The van der Waals surface area contributed by atoms with Crippen LogP contribution in [0, 0.1) is 27.7 Å². The lowest BCUT2D eigenvalue weighted by Gasteiger charge is -2.05. The molecule has 0 heterocycles. The minimum atomic E-state index is 0.392. The zero-order chi connectivity index (χ0) is 14.0. The highest BCUT2D eigenvalue weighted by Gasteiger charge is 2.01. The Morgan fingerprint density at radius 2 is 1.42 bits per heavy atom. The van der Waals surface area contributed by atoms with Gasteiger partial charge in [-0.3, -0.25) is 0 Å². The number of hydrogen-bond donors (Lipinski definition) is 1. The summed E-state index contributed by atoms with van der Waals surface area (Å²) >= 11 is 0. The van der Waals surface area contributed by atoms with Crippen molar-refractivity contribution >= 4 is 12.2 Å². The SMILES string of the molecule is Cc1ccc(C)c(/C=C/c2cc(C)c(O)c(C)c2)c1. The molecule has 1 N–H and O–H groups in total. The van der Waals surface area contributed by atoms with Crippen LogP contribution in [0.1, 0.15) is 33.4 Å². The minimum Gasteiger partial charge on any atom is -0.507 e. The van der Waals surface area contributed by atoms with Gasteiger partial charge in [-0.25, -0.2) is 0 Å². The van der Waals surface area contributed by atoms with Crippen LogP contribution in [0.2, 0.25) is 0 Å². The van der Waals surface area contributed by atoms with Crippen LogP contribution < -0.4 is 0 Å². The van der Waals surface area contributed by atoms with Crippen molar-refractivity contribution in [2.45, 2.75) is 27.7 Å². The van der Waals surface area contributed by atoms with E-state index in [0.717, 1.165) is 16.7 Å². The van der Waals surface area contributed by atoms with Crippen LogP contribution >= 0.6 is 0 Å². The van der Waals surface area contributed by atoms with E-state index in [1.807, 2.05) is 26.0 Å². The summed E-state index contributed by atoms with van der Waals surface area (Å²) in [6.45, 7) is 8.08. The quantitative estimate of drug-likeness (QED) is 0.761. The Bertz CT molecular complexity index is 613. The molecule has 0 aliphatic heterocycles. The highest BCUT2D eigenvalue weighted by Crippen LogP contribution is 2.24. The first-order valence-electron chi connectivity index (χ1n) is 6.53. The highest BCUT2D eigenvalue weighted by atomic mass is 16.3. The molecule has 0 aliphatic carbocycles. The molecule has 0 bridgehead atoms. The van der Waals surface area contributed by atoms with E-state index in [9.17, 15) is 5.11 Å². The summed E-state index contributed by atoms with van der Waals surface area (Å²) in [4.78, 5) is 0. The molecule has 0 amide bonds. The molecule has 1 heteroatoms. The average molecular weight is 252 g/mol. The summed E-state index contributed by atoms with van der Waals surface area (Å²) < 4.78 is 0. The molecule has 0 aliphatic rings. The Labute approximate surface area is 115 Å². The molecule has 0 atom stereocenters. The summed E-state index contributed by atoms with van der Waals surface area (Å²) in [7, 11) is 0. The van der Waals surface area contributed by atoms with Gasteiger partial charge in [0.1, 0.15) is 5.75 Å². The predicted octanol–water partition coefficient (Wildman–Crippen LogP) is 4.80. The van der Waals surface area contributed by atoms with Crippen molar-refractivity contribution in [1.29, 1.82) is 0 Å². The lowest BCUT2D eigenvalue weighted by molar-refractivity contribution is 0.467. The smallest absolute Gasteiger partial charge is 0.121 e. The van der Waals surface area contributed by atoms with Gasteiger partial charge in [-0.05, 0) is 67.6 Å². The molecular formula is C18H20O. The normalized spacial score (nSPS) is 11.2. The van der Waals surface area contributed by atoms with Crippen molar-refractivity contribution in [3.63, 3.8) is 0 Å². The van der Waals surface area contributed by atoms with Crippen LogP contribution in [-0.4, -0.2) is 5.11 Å².